The summed E-state index contributed by atoms with van der Waals surface area (Å²) in [5, 5.41) is 2.51. The van der Waals surface area contributed by atoms with Crippen LogP contribution in [0, 0.1) is 0 Å². The zero-order valence-corrected chi connectivity index (χ0v) is 13.1. The quantitative estimate of drug-likeness (QED) is 0.281. The lowest BCUT2D eigenvalue weighted by atomic mass is 10.1. The normalized spacial score (nSPS) is 16.4. The number of thiocarbonyl (C=S) groups is 1. The highest BCUT2D eigenvalue weighted by Crippen LogP contribution is 2.12. The van der Waals surface area contributed by atoms with Gasteiger partial charge in [0.15, 0.2) is 10.9 Å². The van der Waals surface area contributed by atoms with Crippen molar-refractivity contribution in [3.05, 3.63) is 54.4 Å². The third-order valence-corrected chi connectivity index (χ3v) is 3.52. The fourth-order valence-electron chi connectivity index (χ4n) is 2.06. The zero-order chi connectivity index (χ0) is 16.8. The van der Waals surface area contributed by atoms with Crippen molar-refractivity contribution < 1.29 is 14.4 Å². The molecule has 6 nitrogen and oxygen atoms in total. The minimum atomic E-state index is -0.547. The standard InChI is InChI=1S/C16H15N3O3S/c1-2-9-19-15(22)12(14(21)18-16(19)23)6-3-7-13(20)11-5-4-8-17-10-11/h2,4-6,8,10H,1,3,7,9H2,(H,18,21,23)/b12-6+. The molecular weight excluding hydrogens is 314 g/mol. The Balaban J connectivity index is 2.04. The summed E-state index contributed by atoms with van der Waals surface area (Å²) in [6.07, 6.45) is 6.51. The molecular formula is C16H15N3O3S. The SMILES string of the molecule is C=CCN1C(=O)/C(=C/CCC(=O)c2cccnc2)C(=O)NC1=S. The number of amides is 2. The second-order valence-corrected chi connectivity index (χ2v) is 5.17. The summed E-state index contributed by atoms with van der Waals surface area (Å²) < 4.78 is 0. The highest BCUT2D eigenvalue weighted by Gasteiger charge is 2.32. The highest BCUT2D eigenvalue weighted by molar-refractivity contribution is 7.80. The van der Waals surface area contributed by atoms with Crippen LogP contribution in [-0.2, 0) is 9.59 Å². The maximum Gasteiger partial charge on any atom is 0.265 e. The molecule has 23 heavy (non-hydrogen) atoms. The van der Waals surface area contributed by atoms with E-state index in [1.54, 1.807) is 18.3 Å². The van der Waals surface area contributed by atoms with Gasteiger partial charge in [-0.2, -0.15) is 0 Å². The van der Waals surface area contributed by atoms with Crippen LogP contribution >= 0.6 is 12.2 Å². The number of Topliss-reactive ketones (excluding diaryl/α,β-unsaturated/α-hetero) is 1. The minimum Gasteiger partial charge on any atom is -0.298 e. The Morgan fingerprint density at radius 2 is 2.22 bits per heavy atom. The van der Waals surface area contributed by atoms with E-state index in [1.807, 2.05) is 0 Å². The maximum atomic E-state index is 12.2. The summed E-state index contributed by atoms with van der Waals surface area (Å²) in [6, 6.07) is 3.35. The van der Waals surface area contributed by atoms with Crippen molar-refractivity contribution in [1.29, 1.82) is 0 Å². The monoisotopic (exact) mass is 329 g/mol. The number of hydrogen-bond acceptors (Lipinski definition) is 5. The molecule has 0 aromatic carbocycles. The van der Waals surface area contributed by atoms with Crippen LogP contribution in [0.25, 0.3) is 0 Å². The molecule has 1 N–H and O–H groups in total. The molecule has 118 valence electrons. The Morgan fingerprint density at radius 3 is 2.87 bits per heavy atom. The molecule has 2 heterocycles. The molecule has 0 aliphatic carbocycles. The summed E-state index contributed by atoms with van der Waals surface area (Å²) in [5.74, 6) is -1.13. The van der Waals surface area contributed by atoms with Crippen LogP contribution in [0.4, 0.5) is 0 Å². The lowest BCUT2D eigenvalue weighted by molar-refractivity contribution is -0.128. The number of nitrogens with one attached hydrogen (secondary N) is 1. The maximum absolute atomic E-state index is 12.2. The highest BCUT2D eigenvalue weighted by atomic mass is 32.1. The molecule has 0 bridgehead atoms. The zero-order valence-electron chi connectivity index (χ0n) is 12.3. The number of nitrogens with zero attached hydrogens (tertiary/aromatic N) is 2. The second kappa shape index (κ2) is 7.55. The number of allylic oxidation sites excluding steroid dienone is 1. The molecule has 1 aliphatic rings. The number of pyridine rings is 1. The number of rotatable bonds is 6. The Hall–Kier alpha value is -2.67. The molecule has 7 heteroatoms. The number of ketones is 1. The number of carbonyl (C=O) groups is 3. The lowest BCUT2D eigenvalue weighted by Crippen LogP contribution is -2.53. The van der Waals surface area contributed by atoms with Gasteiger partial charge in [0.05, 0.1) is 0 Å². The number of aromatic nitrogens is 1. The molecule has 2 rings (SSSR count). The smallest absolute Gasteiger partial charge is 0.265 e. The van der Waals surface area contributed by atoms with Gasteiger partial charge in [-0.05, 0) is 30.8 Å². The van der Waals surface area contributed by atoms with Gasteiger partial charge in [-0.15, -0.1) is 6.58 Å². The number of hydrogen-bond donors (Lipinski definition) is 1. The average molecular weight is 329 g/mol. The molecule has 0 spiro atoms. The molecule has 0 atom stereocenters. The molecule has 2 amide bonds. The van der Waals surface area contributed by atoms with Crippen LogP contribution < -0.4 is 5.32 Å². The van der Waals surface area contributed by atoms with Crippen LogP contribution in [0.5, 0.6) is 0 Å². The fraction of sp³-hybridized carbons (Fsp3) is 0.188. The number of carbonyl (C=O) groups excluding carboxylic acids is 3. The molecule has 1 aromatic heterocycles. The molecule has 0 saturated carbocycles. The van der Waals surface area contributed by atoms with Crippen LogP contribution in [0.3, 0.4) is 0 Å². The Morgan fingerprint density at radius 1 is 1.43 bits per heavy atom. The predicted octanol–water partition coefficient (Wildman–Crippen LogP) is 1.40. The van der Waals surface area contributed by atoms with E-state index in [-0.39, 0.29) is 35.9 Å². The molecule has 1 fully saturated rings. The first kappa shape index (κ1) is 16.7. The fourth-order valence-corrected chi connectivity index (χ4v) is 2.31. The van der Waals surface area contributed by atoms with Gasteiger partial charge >= 0.3 is 0 Å². The molecule has 1 aliphatic heterocycles. The topological polar surface area (TPSA) is 79.4 Å². The summed E-state index contributed by atoms with van der Waals surface area (Å²) in [7, 11) is 0. The van der Waals surface area contributed by atoms with E-state index in [4.69, 9.17) is 12.2 Å². The molecule has 1 saturated heterocycles. The van der Waals surface area contributed by atoms with Gasteiger partial charge in [0.25, 0.3) is 11.8 Å². The van der Waals surface area contributed by atoms with Gasteiger partial charge in [0.1, 0.15) is 5.57 Å². The van der Waals surface area contributed by atoms with E-state index in [0.29, 0.717) is 5.56 Å². The molecule has 0 unspecified atom stereocenters. The van der Waals surface area contributed by atoms with Gasteiger partial charge in [0, 0.05) is 30.9 Å². The van der Waals surface area contributed by atoms with Crippen molar-refractivity contribution in [2.24, 2.45) is 0 Å². The first-order valence-electron chi connectivity index (χ1n) is 6.96. The van der Waals surface area contributed by atoms with Crippen molar-refractivity contribution in [3.63, 3.8) is 0 Å². The van der Waals surface area contributed by atoms with E-state index in [2.05, 4.69) is 16.9 Å². The molecule has 1 aromatic rings. The van der Waals surface area contributed by atoms with Gasteiger partial charge in [-0.25, -0.2) is 0 Å². The van der Waals surface area contributed by atoms with E-state index >= 15 is 0 Å². The average Bonchev–Trinajstić information content (AvgIpc) is 2.55. The van der Waals surface area contributed by atoms with E-state index in [1.165, 1.54) is 23.2 Å². The summed E-state index contributed by atoms with van der Waals surface area (Å²) in [5.41, 5.74) is 0.485. The predicted molar refractivity (Wildman–Crippen MR) is 88.5 cm³/mol. The van der Waals surface area contributed by atoms with Crippen LogP contribution in [0.2, 0.25) is 0 Å². The van der Waals surface area contributed by atoms with Gasteiger partial charge < -0.3 is 0 Å². The van der Waals surface area contributed by atoms with Crippen LogP contribution in [0.1, 0.15) is 23.2 Å². The third kappa shape index (κ3) is 3.95. The van der Waals surface area contributed by atoms with E-state index in [9.17, 15) is 14.4 Å². The third-order valence-electron chi connectivity index (χ3n) is 3.20. The van der Waals surface area contributed by atoms with Crippen molar-refractivity contribution in [1.82, 2.24) is 15.2 Å². The largest absolute Gasteiger partial charge is 0.298 e. The second-order valence-electron chi connectivity index (χ2n) is 4.79. The Kier molecular flexibility index (Phi) is 5.48. The van der Waals surface area contributed by atoms with Gasteiger partial charge in [-0.1, -0.05) is 12.2 Å². The van der Waals surface area contributed by atoms with Crippen molar-refractivity contribution in [2.45, 2.75) is 12.8 Å². The van der Waals surface area contributed by atoms with Gasteiger partial charge in [0.2, 0.25) is 0 Å². The van der Waals surface area contributed by atoms with E-state index < -0.39 is 11.8 Å². The first-order chi connectivity index (χ1) is 11.0. The van der Waals surface area contributed by atoms with Crippen molar-refractivity contribution >= 4 is 34.9 Å². The van der Waals surface area contributed by atoms with Crippen molar-refractivity contribution in [2.75, 3.05) is 6.54 Å². The van der Waals surface area contributed by atoms with Crippen LogP contribution in [-0.4, -0.2) is 39.1 Å². The minimum absolute atomic E-state index is 0.0144. The van der Waals surface area contributed by atoms with E-state index in [0.717, 1.165) is 0 Å². The van der Waals surface area contributed by atoms with Gasteiger partial charge in [-0.3, -0.25) is 29.6 Å². The van der Waals surface area contributed by atoms with Crippen LogP contribution in [0.15, 0.2) is 48.8 Å². The summed E-state index contributed by atoms with van der Waals surface area (Å²) in [4.78, 5) is 41.2. The summed E-state index contributed by atoms with van der Waals surface area (Å²) >= 11 is 4.95. The van der Waals surface area contributed by atoms with Crippen molar-refractivity contribution in [3.8, 4) is 0 Å². The molecule has 0 radical (unpaired) electrons. The lowest BCUT2D eigenvalue weighted by Gasteiger charge is -2.27. The Labute approximate surface area is 138 Å². The summed E-state index contributed by atoms with van der Waals surface area (Å²) in [6.45, 7) is 3.76. The first-order valence-corrected chi connectivity index (χ1v) is 7.37. The Bertz CT molecular complexity index is 698.